The Morgan fingerprint density at radius 3 is 1.42 bits per heavy atom. The van der Waals surface area contributed by atoms with Crippen LogP contribution < -0.4 is 5.73 Å². The van der Waals surface area contributed by atoms with Gasteiger partial charge in [-0.25, -0.2) is 0 Å². The summed E-state index contributed by atoms with van der Waals surface area (Å²) in [6, 6.07) is 0. The molecule has 0 aromatic carbocycles. The predicted molar refractivity (Wildman–Crippen MR) is 105 cm³/mol. The molecular weight excluding hydrogens is 349 g/mol. The molecule has 0 bridgehead atoms. The molecule has 0 rings (SSSR count). The van der Waals surface area contributed by atoms with Gasteiger partial charge in [0.1, 0.15) is 0 Å². The van der Waals surface area contributed by atoms with Gasteiger partial charge in [-0.2, -0.15) is 0 Å². The maximum absolute atomic E-state index is 11.3. The topological polar surface area (TPSA) is 80.4 Å². The molecule has 146 valence electrons. The third-order valence-corrected chi connectivity index (χ3v) is 4.10. The molecular formula is C18H37Cl2NO3. The molecule has 24 heavy (non-hydrogen) atoms. The second kappa shape index (κ2) is 20.7. The van der Waals surface area contributed by atoms with Crippen LogP contribution in [0.4, 0.5) is 0 Å². The van der Waals surface area contributed by atoms with Crippen LogP contribution in [0, 0.1) is 0 Å². The SMILES string of the molecule is CCCCCCCCCCCCCCCC(=O)C(O)C(N)=O.Cl.Cl. The fourth-order valence-corrected chi connectivity index (χ4v) is 2.61. The highest BCUT2D eigenvalue weighted by Crippen LogP contribution is 2.13. The minimum Gasteiger partial charge on any atom is -0.376 e. The van der Waals surface area contributed by atoms with Crippen molar-refractivity contribution in [2.24, 2.45) is 5.73 Å². The number of carbonyl (C=O) groups excluding carboxylic acids is 2. The number of carbonyl (C=O) groups is 2. The third kappa shape index (κ3) is 18.0. The van der Waals surface area contributed by atoms with Crippen LogP contribution in [0.25, 0.3) is 0 Å². The standard InChI is InChI=1S/C18H35NO3.2ClH/c1-2-3-4-5-6-7-8-9-10-11-12-13-14-15-16(20)17(21)18(19)22;;/h17,21H,2-15H2,1H3,(H2,19,22);2*1H. The minimum absolute atomic E-state index is 0. The summed E-state index contributed by atoms with van der Waals surface area (Å²) < 4.78 is 0. The Morgan fingerprint density at radius 1 is 0.750 bits per heavy atom. The summed E-state index contributed by atoms with van der Waals surface area (Å²) in [4.78, 5) is 22.0. The van der Waals surface area contributed by atoms with Crippen molar-refractivity contribution >= 4 is 36.5 Å². The first-order valence-corrected chi connectivity index (χ1v) is 9.09. The summed E-state index contributed by atoms with van der Waals surface area (Å²) >= 11 is 0. The smallest absolute Gasteiger partial charge is 0.254 e. The van der Waals surface area contributed by atoms with Crippen LogP contribution in [-0.2, 0) is 9.59 Å². The number of primary amides is 1. The van der Waals surface area contributed by atoms with Crippen LogP contribution in [0.2, 0.25) is 0 Å². The van der Waals surface area contributed by atoms with Crippen LogP contribution in [0.1, 0.15) is 96.8 Å². The van der Waals surface area contributed by atoms with E-state index in [1.54, 1.807) is 0 Å². The van der Waals surface area contributed by atoms with Crippen molar-refractivity contribution in [1.29, 1.82) is 0 Å². The van der Waals surface area contributed by atoms with Gasteiger partial charge in [0.25, 0.3) is 5.91 Å². The highest BCUT2D eigenvalue weighted by atomic mass is 35.5. The molecule has 0 aromatic heterocycles. The Hall–Kier alpha value is -0.320. The van der Waals surface area contributed by atoms with Gasteiger partial charge >= 0.3 is 0 Å². The number of Topliss-reactive ketones (excluding diaryl/α,β-unsaturated/α-hetero) is 1. The van der Waals surface area contributed by atoms with E-state index in [-0.39, 0.29) is 31.2 Å². The molecule has 0 aliphatic carbocycles. The molecule has 0 aliphatic heterocycles. The molecule has 0 spiro atoms. The van der Waals surface area contributed by atoms with Crippen molar-refractivity contribution in [3.63, 3.8) is 0 Å². The van der Waals surface area contributed by atoms with Crippen molar-refractivity contribution in [1.82, 2.24) is 0 Å². The molecule has 0 aliphatic rings. The van der Waals surface area contributed by atoms with Crippen LogP contribution in [0.5, 0.6) is 0 Å². The number of hydrogen-bond donors (Lipinski definition) is 2. The largest absolute Gasteiger partial charge is 0.376 e. The predicted octanol–water partition coefficient (Wildman–Crippen LogP) is 4.73. The monoisotopic (exact) mass is 385 g/mol. The third-order valence-electron chi connectivity index (χ3n) is 4.10. The first kappa shape index (κ1) is 28.5. The van der Waals surface area contributed by atoms with E-state index < -0.39 is 17.8 Å². The molecule has 3 N–H and O–H groups in total. The van der Waals surface area contributed by atoms with E-state index in [4.69, 9.17) is 10.8 Å². The molecule has 1 unspecified atom stereocenters. The molecule has 0 aromatic rings. The molecule has 0 saturated carbocycles. The Labute approximate surface area is 160 Å². The number of amides is 1. The number of ketones is 1. The van der Waals surface area contributed by atoms with Crippen LogP contribution >= 0.6 is 24.8 Å². The summed E-state index contributed by atoms with van der Waals surface area (Å²) in [6.07, 6.45) is 14.8. The fraction of sp³-hybridized carbons (Fsp3) is 0.889. The highest BCUT2D eigenvalue weighted by Gasteiger charge is 2.19. The number of aliphatic hydroxyl groups is 1. The zero-order valence-electron chi connectivity index (χ0n) is 15.1. The first-order valence-electron chi connectivity index (χ1n) is 9.09. The average molecular weight is 386 g/mol. The normalized spacial score (nSPS) is 11.2. The van der Waals surface area contributed by atoms with Gasteiger partial charge in [-0.3, -0.25) is 9.59 Å². The lowest BCUT2D eigenvalue weighted by molar-refractivity contribution is -0.137. The molecule has 0 fully saturated rings. The number of nitrogens with two attached hydrogens (primary N) is 1. The second-order valence-corrected chi connectivity index (χ2v) is 6.26. The number of hydrogen-bond acceptors (Lipinski definition) is 3. The van der Waals surface area contributed by atoms with Gasteiger partial charge in [-0.05, 0) is 6.42 Å². The maximum atomic E-state index is 11.3. The van der Waals surface area contributed by atoms with Gasteiger partial charge in [0.15, 0.2) is 11.9 Å². The highest BCUT2D eigenvalue weighted by molar-refractivity contribution is 6.03. The summed E-state index contributed by atoms with van der Waals surface area (Å²) in [5.74, 6) is -1.39. The van der Waals surface area contributed by atoms with Crippen molar-refractivity contribution in [2.75, 3.05) is 0 Å². The lowest BCUT2D eigenvalue weighted by Crippen LogP contribution is -2.35. The molecule has 0 radical (unpaired) electrons. The lowest BCUT2D eigenvalue weighted by Gasteiger charge is -2.05. The average Bonchev–Trinajstić information content (AvgIpc) is 2.50. The van der Waals surface area contributed by atoms with Gasteiger partial charge in [-0.15, -0.1) is 24.8 Å². The van der Waals surface area contributed by atoms with E-state index in [0.29, 0.717) is 0 Å². The molecule has 0 heterocycles. The lowest BCUT2D eigenvalue weighted by atomic mass is 10.0. The van der Waals surface area contributed by atoms with Crippen molar-refractivity contribution in [2.45, 2.75) is 103 Å². The fourth-order valence-electron chi connectivity index (χ4n) is 2.61. The summed E-state index contributed by atoms with van der Waals surface area (Å²) in [5.41, 5.74) is 4.87. The van der Waals surface area contributed by atoms with Gasteiger partial charge in [0.2, 0.25) is 0 Å². The van der Waals surface area contributed by atoms with Crippen molar-refractivity contribution < 1.29 is 14.7 Å². The van der Waals surface area contributed by atoms with E-state index in [0.717, 1.165) is 19.3 Å². The number of halogens is 2. The van der Waals surface area contributed by atoms with E-state index in [2.05, 4.69) is 6.92 Å². The minimum atomic E-state index is -1.61. The van der Waals surface area contributed by atoms with Gasteiger partial charge < -0.3 is 10.8 Å². The van der Waals surface area contributed by atoms with E-state index in [9.17, 15) is 9.59 Å². The quantitative estimate of drug-likeness (QED) is 0.297. The van der Waals surface area contributed by atoms with Gasteiger partial charge in [0.05, 0.1) is 0 Å². The number of unbranched alkanes of at least 4 members (excludes halogenated alkanes) is 12. The Kier molecular flexibility index (Phi) is 24.6. The summed E-state index contributed by atoms with van der Waals surface area (Å²) in [7, 11) is 0. The van der Waals surface area contributed by atoms with Crippen LogP contribution in [0.15, 0.2) is 0 Å². The summed E-state index contributed by atoms with van der Waals surface area (Å²) in [5, 5.41) is 9.16. The van der Waals surface area contributed by atoms with Gasteiger partial charge in [-0.1, -0.05) is 84.0 Å². The molecule has 0 saturated heterocycles. The van der Waals surface area contributed by atoms with E-state index in [1.165, 1.54) is 64.2 Å². The molecule has 6 heteroatoms. The van der Waals surface area contributed by atoms with Gasteiger partial charge in [0, 0.05) is 6.42 Å². The molecule has 4 nitrogen and oxygen atoms in total. The second-order valence-electron chi connectivity index (χ2n) is 6.26. The number of aliphatic hydroxyl groups excluding tert-OH is 1. The molecule has 1 amide bonds. The molecule has 1 atom stereocenters. The maximum Gasteiger partial charge on any atom is 0.254 e. The Morgan fingerprint density at radius 2 is 1.08 bits per heavy atom. The zero-order valence-corrected chi connectivity index (χ0v) is 16.8. The van der Waals surface area contributed by atoms with Crippen molar-refractivity contribution in [3.8, 4) is 0 Å². The first-order chi connectivity index (χ1) is 10.6. The number of rotatable bonds is 16. The van der Waals surface area contributed by atoms with Crippen LogP contribution in [0.3, 0.4) is 0 Å². The van der Waals surface area contributed by atoms with E-state index in [1.807, 2.05) is 0 Å². The van der Waals surface area contributed by atoms with Crippen molar-refractivity contribution in [3.05, 3.63) is 0 Å². The van der Waals surface area contributed by atoms with E-state index >= 15 is 0 Å². The Balaban J connectivity index is -0.00000220. The van der Waals surface area contributed by atoms with Crippen LogP contribution in [-0.4, -0.2) is 22.9 Å². The summed E-state index contributed by atoms with van der Waals surface area (Å²) in [6.45, 7) is 2.25. The zero-order chi connectivity index (χ0) is 16.6. The Bertz CT molecular complexity index is 302.